The summed E-state index contributed by atoms with van der Waals surface area (Å²) in [5, 5.41) is 2.98. The van der Waals surface area contributed by atoms with Crippen LogP contribution in [0.15, 0.2) is 53.7 Å². The molecule has 1 N–H and O–H groups in total. The first-order valence-corrected chi connectivity index (χ1v) is 7.22. The summed E-state index contributed by atoms with van der Waals surface area (Å²) in [7, 11) is 0. The third-order valence-corrected chi connectivity index (χ3v) is 4.49. The second-order valence-electron chi connectivity index (χ2n) is 4.67. The van der Waals surface area contributed by atoms with E-state index in [9.17, 15) is 0 Å². The van der Waals surface area contributed by atoms with Gasteiger partial charge in [0.1, 0.15) is 6.04 Å². The molecule has 0 aliphatic carbocycles. The Bertz CT molecular complexity index is 599. The Morgan fingerprint density at radius 2 is 2.11 bits per heavy atom. The van der Waals surface area contributed by atoms with Gasteiger partial charge in [-0.25, -0.2) is 0 Å². The molecule has 2 heterocycles. The molecule has 0 bridgehead atoms. The van der Waals surface area contributed by atoms with Crippen LogP contribution >= 0.6 is 11.3 Å². The molecule has 3 heteroatoms. The van der Waals surface area contributed by atoms with E-state index in [0.717, 1.165) is 6.42 Å². The van der Waals surface area contributed by atoms with E-state index in [2.05, 4.69) is 59.7 Å². The summed E-state index contributed by atoms with van der Waals surface area (Å²) in [6, 6.07) is 13.1. The maximum absolute atomic E-state index is 4.47. The molecular formula is C16H16N2S. The van der Waals surface area contributed by atoms with Crippen molar-refractivity contribution in [3.8, 4) is 0 Å². The lowest BCUT2D eigenvalue weighted by molar-refractivity contribution is 0.897. The number of nitrogens with zero attached hydrogens (tertiary/aromatic N) is 1. The minimum atomic E-state index is 0.177. The summed E-state index contributed by atoms with van der Waals surface area (Å²) in [5.74, 6) is 0. The molecule has 96 valence electrons. The van der Waals surface area contributed by atoms with Crippen LogP contribution in [-0.2, 0) is 6.42 Å². The third-order valence-electron chi connectivity index (χ3n) is 3.18. The first-order valence-electron chi connectivity index (χ1n) is 6.40. The number of thiophene rings is 1. The van der Waals surface area contributed by atoms with Crippen LogP contribution in [0.25, 0.3) is 0 Å². The molecule has 0 saturated carbocycles. The maximum atomic E-state index is 4.47. The maximum Gasteiger partial charge on any atom is 0.106 e. The zero-order valence-electron chi connectivity index (χ0n) is 10.8. The number of rotatable bonds is 3. The van der Waals surface area contributed by atoms with Gasteiger partial charge in [-0.2, -0.15) is 0 Å². The molecule has 0 radical (unpaired) electrons. The number of benzene rings is 1. The van der Waals surface area contributed by atoms with E-state index in [1.54, 1.807) is 6.34 Å². The number of hydrogen-bond acceptors (Lipinski definition) is 3. The van der Waals surface area contributed by atoms with Gasteiger partial charge in [0.15, 0.2) is 0 Å². The zero-order chi connectivity index (χ0) is 13.1. The third kappa shape index (κ3) is 2.76. The lowest BCUT2D eigenvalue weighted by Gasteiger charge is -2.10. The average Bonchev–Trinajstić information content (AvgIpc) is 2.82. The minimum Gasteiger partial charge on any atom is -0.353 e. The second kappa shape index (κ2) is 5.41. The van der Waals surface area contributed by atoms with Gasteiger partial charge >= 0.3 is 0 Å². The van der Waals surface area contributed by atoms with Crippen molar-refractivity contribution in [3.63, 3.8) is 0 Å². The fourth-order valence-electron chi connectivity index (χ4n) is 2.26. The summed E-state index contributed by atoms with van der Waals surface area (Å²) in [4.78, 5) is 7.22. The van der Waals surface area contributed by atoms with E-state index in [4.69, 9.17) is 0 Å². The molecule has 0 spiro atoms. The topological polar surface area (TPSA) is 24.4 Å². The molecule has 1 atom stereocenters. The normalized spacial score (nSPS) is 17.4. The van der Waals surface area contributed by atoms with E-state index >= 15 is 0 Å². The van der Waals surface area contributed by atoms with Gasteiger partial charge < -0.3 is 5.32 Å². The Morgan fingerprint density at radius 3 is 2.84 bits per heavy atom. The summed E-state index contributed by atoms with van der Waals surface area (Å²) in [6.45, 7) is 2.17. The van der Waals surface area contributed by atoms with Crippen LogP contribution in [0.4, 0.5) is 0 Å². The van der Waals surface area contributed by atoms with Crippen LogP contribution in [0.2, 0.25) is 0 Å². The fourth-order valence-corrected chi connectivity index (χ4v) is 3.50. The van der Waals surface area contributed by atoms with Gasteiger partial charge in [0.05, 0.1) is 6.34 Å². The first-order chi connectivity index (χ1) is 9.33. The van der Waals surface area contributed by atoms with Crippen LogP contribution in [0.1, 0.15) is 26.9 Å². The van der Waals surface area contributed by atoms with E-state index in [1.807, 2.05) is 17.5 Å². The zero-order valence-corrected chi connectivity index (χ0v) is 11.7. The largest absolute Gasteiger partial charge is 0.353 e. The SMILES string of the molecule is Cc1cc(Cc2ccccc2)sc1C1C=CNC=N1. The van der Waals surface area contributed by atoms with Crippen LogP contribution in [0.5, 0.6) is 0 Å². The van der Waals surface area contributed by atoms with E-state index < -0.39 is 0 Å². The van der Waals surface area contributed by atoms with Crippen LogP contribution < -0.4 is 5.32 Å². The Morgan fingerprint density at radius 1 is 1.26 bits per heavy atom. The molecule has 2 aromatic rings. The van der Waals surface area contributed by atoms with E-state index in [1.165, 1.54) is 20.9 Å². The summed E-state index contributed by atoms with van der Waals surface area (Å²) >= 11 is 1.87. The average molecular weight is 268 g/mol. The highest BCUT2D eigenvalue weighted by atomic mass is 32.1. The molecule has 2 nitrogen and oxygen atoms in total. The predicted octanol–water partition coefficient (Wildman–Crippen LogP) is 3.83. The number of nitrogens with one attached hydrogen (secondary N) is 1. The van der Waals surface area contributed by atoms with Crippen LogP contribution in [0.3, 0.4) is 0 Å². The van der Waals surface area contributed by atoms with Gasteiger partial charge in [0, 0.05) is 22.4 Å². The van der Waals surface area contributed by atoms with E-state index in [-0.39, 0.29) is 6.04 Å². The lowest BCUT2D eigenvalue weighted by Crippen LogP contribution is -2.08. The number of hydrogen-bond donors (Lipinski definition) is 1. The van der Waals surface area contributed by atoms with Crippen molar-refractivity contribution in [1.29, 1.82) is 0 Å². The lowest BCUT2D eigenvalue weighted by atomic mass is 10.1. The van der Waals surface area contributed by atoms with Gasteiger partial charge in [-0.05, 0) is 30.2 Å². The highest BCUT2D eigenvalue weighted by molar-refractivity contribution is 7.12. The molecule has 1 unspecified atom stereocenters. The molecule has 0 amide bonds. The number of aryl methyl sites for hydroxylation is 1. The summed E-state index contributed by atoms with van der Waals surface area (Å²) in [5.41, 5.74) is 2.70. The fraction of sp³-hybridized carbons (Fsp3) is 0.188. The predicted molar refractivity (Wildman–Crippen MR) is 81.8 cm³/mol. The minimum absolute atomic E-state index is 0.177. The Kier molecular flexibility index (Phi) is 3.47. The quantitative estimate of drug-likeness (QED) is 0.898. The van der Waals surface area contributed by atoms with Crippen molar-refractivity contribution < 1.29 is 0 Å². The Hall–Kier alpha value is -1.87. The Balaban J connectivity index is 1.83. The van der Waals surface area contributed by atoms with Crippen LogP contribution in [-0.4, -0.2) is 6.34 Å². The van der Waals surface area contributed by atoms with Gasteiger partial charge in [0.25, 0.3) is 0 Å². The Labute approximate surface area is 117 Å². The first kappa shape index (κ1) is 12.2. The van der Waals surface area contributed by atoms with Crippen molar-refractivity contribution in [2.45, 2.75) is 19.4 Å². The second-order valence-corrected chi connectivity index (χ2v) is 5.84. The van der Waals surface area contributed by atoms with Crippen molar-refractivity contribution in [3.05, 3.63) is 69.6 Å². The standard InChI is InChI=1S/C16H16N2S/c1-12-9-14(10-13-5-3-2-4-6-13)19-16(12)15-7-8-17-11-18-15/h2-9,11,15H,10H2,1H3,(H,17,18). The molecule has 19 heavy (non-hydrogen) atoms. The van der Waals surface area contributed by atoms with Crippen molar-refractivity contribution in [1.82, 2.24) is 5.32 Å². The highest BCUT2D eigenvalue weighted by Crippen LogP contribution is 2.32. The monoisotopic (exact) mass is 268 g/mol. The van der Waals surface area contributed by atoms with E-state index in [0.29, 0.717) is 0 Å². The van der Waals surface area contributed by atoms with Crippen molar-refractivity contribution in [2.24, 2.45) is 4.99 Å². The highest BCUT2D eigenvalue weighted by Gasteiger charge is 2.14. The molecule has 0 fully saturated rings. The van der Waals surface area contributed by atoms with Gasteiger partial charge in [0.2, 0.25) is 0 Å². The van der Waals surface area contributed by atoms with Gasteiger partial charge in [-0.15, -0.1) is 11.3 Å². The molecule has 3 rings (SSSR count). The smallest absolute Gasteiger partial charge is 0.106 e. The molecule has 1 aliphatic rings. The molecule has 0 saturated heterocycles. The summed E-state index contributed by atoms with van der Waals surface area (Å²) in [6.07, 6.45) is 6.82. The van der Waals surface area contributed by atoms with Crippen molar-refractivity contribution in [2.75, 3.05) is 0 Å². The molecule has 1 aromatic carbocycles. The van der Waals surface area contributed by atoms with Crippen LogP contribution in [0, 0.1) is 6.92 Å². The summed E-state index contributed by atoms with van der Waals surface area (Å²) < 4.78 is 0. The molecular weight excluding hydrogens is 252 g/mol. The molecule has 1 aliphatic heterocycles. The molecule has 1 aromatic heterocycles. The number of aliphatic imine (C=N–C) groups is 1. The van der Waals surface area contributed by atoms with Gasteiger partial charge in [-0.1, -0.05) is 30.3 Å². The van der Waals surface area contributed by atoms with Crippen molar-refractivity contribution >= 4 is 17.7 Å². The van der Waals surface area contributed by atoms with Gasteiger partial charge in [-0.3, -0.25) is 4.99 Å².